The lowest BCUT2D eigenvalue weighted by atomic mass is 10.2. The van der Waals surface area contributed by atoms with Gasteiger partial charge in [-0.1, -0.05) is 6.58 Å². The summed E-state index contributed by atoms with van der Waals surface area (Å²) in [5.41, 5.74) is 1.15. The maximum atomic E-state index is 11.3. The molecule has 0 bridgehead atoms. The van der Waals surface area contributed by atoms with E-state index in [-0.39, 0.29) is 15.3 Å². The Labute approximate surface area is 82.2 Å². The van der Waals surface area contributed by atoms with E-state index >= 15 is 0 Å². The smallest absolute Gasteiger partial charge is 0.154 e. The van der Waals surface area contributed by atoms with Crippen LogP contribution in [0.3, 0.4) is 0 Å². The number of rotatable bonds is 4. The molecule has 0 saturated carbocycles. The lowest BCUT2D eigenvalue weighted by Crippen LogP contribution is -2.26. The predicted molar refractivity (Wildman–Crippen MR) is 56.8 cm³/mol. The first-order chi connectivity index (χ1) is 6.20. The highest BCUT2D eigenvalue weighted by molar-refractivity contribution is 6.44. The molecule has 0 aromatic heterocycles. The first-order valence-electron chi connectivity index (χ1n) is 5.00. The fourth-order valence-electron chi connectivity index (χ4n) is 1.54. The third-order valence-electron chi connectivity index (χ3n) is 2.44. The second-order valence-electron chi connectivity index (χ2n) is 3.73. The molecule has 1 saturated heterocycles. The molecule has 0 aliphatic carbocycles. The van der Waals surface area contributed by atoms with Crippen molar-refractivity contribution in [3.05, 3.63) is 12.2 Å². The molecule has 2 nitrogen and oxygen atoms in total. The largest absolute Gasteiger partial charge is 0.382 e. The molecular weight excluding hydrogens is 180 g/mol. The van der Waals surface area contributed by atoms with E-state index in [0.717, 1.165) is 12.7 Å². The van der Waals surface area contributed by atoms with Gasteiger partial charge in [-0.15, -0.1) is 0 Å². The van der Waals surface area contributed by atoms with Gasteiger partial charge < -0.3 is 4.74 Å². The van der Waals surface area contributed by atoms with E-state index in [1.165, 1.54) is 19.3 Å². The van der Waals surface area contributed by atoms with Crippen LogP contribution >= 0.6 is 0 Å². The quantitative estimate of drug-likeness (QED) is 0.502. The fraction of sp³-hybridized carbons (Fsp3) is 0.700. The molecule has 0 aromatic rings. The van der Waals surface area contributed by atoms with Gasteiger partial charge in [-0.05, 0) is 31.8 Å². The van der Waals surface area contributed by atoms with Crippen LogP contribution in [0.1, 0.15) is 26.2 Å². The number of hydrogen-bond donors (Lipinski definition) is 0. The van der Waals surface area contributed by atoms with Gasteiger partial charge in [-0.25, -0.2) is 0 Å². The fourth-order valence-corrected chi connectivity index (χ4v) is 3.46. The van der Waals surface area contributed by atoms with Crippen LogP contribution in [0.15, 0.2) is 12.2 Å². The molecule has 1 heterocycles. The molecule has 1 aliphatic rings. The highest BCUT2D eigenvalue weighted by atomic mass is 28.2. The maximum Gasteiger partial charge on any atom is 0.154 e. The summed E-state index contributed by atoms with van der Waals surface area (Å²) in [6.45, 7) is 6.34. The summed E-state index contributed by atoms with van der Waals surface area (Å²) in [6.07, 6.45) is 3.65. The van der Waals surface area contributed by atoms with Gasteiger partial charge in [0, 0.05) is 18.4 Å². The minimum atomic E-state index is -0.357. The summed E-state index contributed by atoms with van der Waals surface area (Å²) >= 11 is 0. The maximum absolute atomic E-state index is 11.3. The zero-order chi connectivity index (χ0) is 9.68. The predicted octanol–water partition coefficient (Wildman–Crippen LogP) is 1.25. The number of carbonyl (C=O) groups excluding carboxylic acids is 1. The van der Waals surface area contributed by atoms with Crippen molar-refractivity contribution in [2.24, 2.45) is 0 Å². The Balaban J connectivity index is 2.17. The normalized spacial score (nSPS) is 23.6. The van der Waals surface area contributed by atoms with Crippen molar-refractivity contribution in [3.8, 4) is 0 Å². The standard InChI is InChI=1S/C10H18O2Si/c1-8(2)9(11)7-13-10-5-3-4-6-12-10/h10H,1,3-7,13H2,2H3. The van der Waals surface area contributed by atoms with Crippen LogP contribution in [0.5, 0.6) is 0 Å². The molecule has 13 heavy (non-hydrogen) atoms. The van der Waals surface area contributed by atoms with E-state index in [0.29, 0.717) is 11.3 Å². The van der Waals surface area contributed by atoms with Crippen LogP contribution in [-0.4, -0.2) is 27.6 Å². The second-order valence-corrected chi connectivity index (χ2v) is 5.72. The monoisotopic (exact) mass is 198 g/mol. The van der Waals surface area contributed by atoms with Gasteiger partial charge in [0.25, 0.3) is 0 Å². The van der Waals surface area contributed by atoms with Crippen molar-refractivity contribution in [1.82, 2.24) is 0 Å². The molecule has 1 fully saturated rings. The summed E-state index contributed by atoms with van der Waals surface area (Å²) in [5, 5.41) is 0. The third kappa shape index (κ3) is 3.87. The van der Waals surface area contributed by atoms with Gasteiger partial charge in [-0.3, -0.25) is 4.79 Å². The van der Waals surface area contributed by atoms with E-state index < -0.39 is 0 Å². The van der Waals surface area contributed by atoms with E-state index in [9.17, 15) is 4.79 Å². The van der Waals surface area contributed by atoms with Crippen LogP contribution in [0.4, 0.5) is 0 Å². The van der Waals surface area contributed by atoms with Gasteiger partial charge in [-0.2, -0.15) is 0 Å². The Bertz CT molecular complexity index is 195. The summed E-state index contributed by atoms with van der Waals surface area (Å²) in [5.74, 6) is 0.237. The van der Waals surface area contributed by atoms with Gasteiger partial charge in [0.1, 0.15) is 0 Å². The Morgan fingerprint density at radius 1 is 1.62 bits per heavy atom. The lowest BCUT2D eigenvalue weighted by Gasteiger charge is -2.21. The van der Waals surface area contributed by atoms with Crippen LogP contribution in [-0.2, 0) is 9.53 Å². The van der Waals surface area contributed by atoms with Crippen molar-refractivity contribution >= 4 is 15.3 Å². The molecule has 0 spiro atoms. The van der Waals surface area contributed by atoms with E-state index in [2.05, 4.69) is 6.58 Å². The number of ether oxygens (including phenoxy) is 1. The van der Waals surface area contributed by atoms with Crippen LogP contribution in [0.2, 0.25) is 6.04 Å². The van der Waals surface area contributed by atoms with Crippen molar-refractivity contribution in [2.75, 3.05) is 6.61 Å². The Kier molecular flexibility index (Phi) is 4.39. The topological polar surface area (TPSA) is 26.3 Å². The molecule has 3 heteroatoms. The molecule has 74 valence electrons. The molecule has 0 N–H and O–H groups in total. The van der Waals surface area contributed by atoms with Gasteiger partial charge in [0.05, 0.1) is 9.52 Å². The first-order valence-corrected chi connectivity index (χ1v) is 6.82. The van der Waals surface area contributed by atoms with Gasteiger partial charge >= 0.3 is 0 Å². The number of Topliss-reactive ketones (excluding diaryl/α,β-unsaturated/α-hetero) is 1. The van der Waals surface area contributed by atoms with E-state index in [4.69, 9.17) is 4.74 Å². The van der Waals surface area contributed by atoms with Crippen molar-refractivity contribution < 1.29 is 9.53 Å². The average molecular weight is 198 g/mol. The SMILES string of the molecule is C=C(C)C(=O)C[SiH2]C1CCCCO1. The average Bonchev–Trinajstić information content (AvgIpc) is 2.15. The first kappa shape index (κ1) is 10.7. The number of allylic oxidation sites excluding steroid dienone is 1. The minimum Gasteiger partial charge on any atom is -0.382 e. The zero-order valence-corrected chi connectivity index (χ0v) is 9.76. The second kappa shape index (κ2) is 5.35. The Morgan fingerprint density at radius 2 is 2.38 bits per heavy atom. The number of ketones is 1. The minimum absolute atomic E-state index is 0.237. The summed E-state index contributed by atoms with van der Waals surface area (Å²) in [7, 11) is -0.357. The van der Waals surface area contributed by atoms with Gasteiger partial charge in [0.15, 0.2) is 5.78 Å². The molecular formula is C10H18O2Si. The Morgan fingerprint density at radius 3 is 2.92 bits per heavy atom. The third-order valence-corrected chi connectivity index (χ3v) is 4.47. The summed E-state index contributed by atoms with van der Waals surface area (Å²) < 4.78 is 5.59. The molecule has 0 aromatic carbocycles. The molecule has 0 radical (unpaired) electrons. The van der Waals surface area contributed by atoms with Crippen LogP contribution < -0.4 is 0 Å². The highest BCUT2D eigenvalue weighted by Gasteiger charge is 2.15. The van der Waals surface area contributed by atoms with Crippen molar-refractivity contribution in [1.29, 1.82) is 0 Å². The van der Waals surface area contributed by atoms with Crippen LogP contribution in [0.25, 0.3) is 0 Å². The number of hydrogen-bond acceptors (Lipinski definition) is 2. The van der Waals surface area contributed by atoms with E-state index in [1.54, 1.807) is 6.92 Å². The lowest BCUT2D eigenvalue weighted by molar-refractivity contribution is -0.113. The Hall–Kier alpha value is -0.413. The summed E-state index contributed by atoms with van der Waals surface area (Å²) in [4.78, 5) is 11.3. The van der Waals surface area contributed by atoms with Crippen molar-refractivity contribution in [3.63, 3.8) is 0 Å². The molecule has 1 unspecified atom stereocenters. The molecule has 1 aliphatic heterocycles. The molecule has 1 atom stereocenters. The summed E-state index contributed by atoms with van der Waals surface area (Å²) in [6, 6.07) is 0.736. The molecule has 1 rings (SSSR count). The highest BCUT2D eigenvalue weighted by Crippen LogP contribution is 2.13. The number of carbonyl (C=O) groups is 1. The van der Waals surface area contributed by atoms with Crippen molar-refractivity contribution in [2.45, 2.75) is 38.0 Å². The van der Waals surface area contributed by atoms with Gasteiger partial charge in [0.2, 0.25) is 0 Å². The van der Waals surface area contributed by atoms with Crippen LogP contribution in [0, 0.1) is 0 Å². The zero-order valence-electron chi connectivity index (χ0n) is 8.34. The molecule has 0 amide bonds. The van der Waals surface area contributed by atoms with E-state index in [1.807, 2.05) is 0 Å².